The SMILES string of the molecule is Cn1c(=O)n(-c2ccc(F)cc2)c2nc(-c3ccc(F)c(F)c3)nc(C(N)=O)c21. The van der Waals surface area contributed by atoms with E-state index in [0.717, 1.165) is 33.4 Å². The van der Waals surface area contributed by atoms with Crippen LogP contribution in [0.2, 0.25) is 0 Å². The predicted octanol–water partition coefficient (Wildman–Crippen LogP) is 2.30. The van der Waals surface area contributed by atoms with Crippen LogP contribution in [-0.4, -0.2) is 25.0 Å². The molecule has 0 saturated carbocycles. The summed E-state index contributed by atoms with van der Waals surface area (Å²) in [5.74, 6) is -3.76. The Hall–Kier alpha value is -3.95. The largest absolute Gasteiger partial charge is 0.364 e. The first-order chi connectivity index (χ1) is 13.8. The number of imidazole rings is 1. The first-order valence-corrected chi connectivity index (χ1v) is 8.28. The van der Waals surface area contributed by atoms with E-state index in [2.05, 4.69) is 9.97 Å². The minimum absolute atomic E-state index is 0.00708. The molecule has 146 valence electrons. The number of aromatic nitrogens is 4. The topological polar surface area (TPSA) is 95.8 Å². The van der Waals surface area contributed by atoms with Crippen molar-refractivity contribution in [3.8, 4) is 17.1 Å². The maximum absolute atomic E-state index is 13.7. The summed E-state index contributed by atoms with van der Waals surface area (Å²) in [4.78, 5) is 33.1. The molecule has 10 heteroatoms. The van der Waals surface area contributed by atoms with Gasteiger partial charge in [-0.1, -0.05) is 0 Å². The number of carbonyl (C=O) groups is 1. The average Bonchev–Trinajstić information content (AvgIpc) is 2.94. The third kappa shape index (κ3) is 2.94. The lowest BCUT2D eigenvalue weighted by atomic mass is 10.2. The Morgan fingerprint density at radius 2 is 1.69 bits per heavy atom. The monoisotopic (exact) mass is 399 g/mol. The summed E-state index contributed by atoms with van der Waals surface area (Å²) in [5, 5.41) is 0. The molecule has 2 heterocycles. The number of rotatable bonds is 3. The Labute approximate surface area is 160 Å². The molecule has 2 aromatic heterocycles. The second-order valence-corrected chi connectivity index (χ2v) is 6.21. The summed E-state index contributed by atoms with van der Waals surface area (Å²) < 4.78 is 42.5. The van der Waals surface area contributed by atoms with E-state index in [0.29, 0.717) is 0 Å². The van der Waals surface area contributed by atoms with Crippen molar-refractivity contribution in [1.82, 2.24) is 19.1 Å². The lowest BCUT2D eigenvalue weighted by molar-refractivity contribution is 0.0997. The van der Waals surface area contributed by atoms with Gasteiger partial charge in [0.15, 0.2) is 28.8 Å². The Morgan fingerprint density at radius 1 is 1.00 bits per heavy atom. The van der Waals surface area contributed by atoms with E-state index in [4.69, 9.17) is 5.73 Å². The molecule has 0 unspecified atom stereocenters. The smallest absolute Gasteiger partial charge is 0.334 e. The first kappa shape index (κ1) is 18.4. The summed E-state index contributed by atoms with van der Waals surface area (Å²) in [5.41, 5.74) is 5.01. The highest BCUT2D eigenvalue weighted by atomic mass is 19.2. The van der Waals surface area contributed by atoms with Crippen LogP contribution in [0.25, 0.3) is 28.2 Å². The van der Waals surface area contributed by atoms with Gasteiger partial charge in [-0.3, -0.25) is 9.36 Å². The molecule has 2 aromatic carbocycles. The van der Waals surface area contributed by atoms with Crippen LogP contribution in [0.4, 0.5) is 13.2 Å². The van der Waals surface area contributed by atoms with Crippen molar-refractivity contribution in [2.45, 2.75) is 0 Å². The highest BCUT2D eigenvalue weighted by Gasteiger charge is 2.23. The molecule has 2 N–H and O–H groups in total. The molecule has 0 spiro atoms. The van der Waals surface area contributed by atoms with Gasteiger partial charge in [-0.05, 0) is 42.5 Å². The van der Waals surface area contributed by atoms with Gasteiger partial charge in [0.2, 0.25) is 0 Å². The van der Waals surface area contributed by atoms with Crippen molar-refractivity contribution in [2.75, 3.05) is 0 Å². The highest BCUT2D eigenvalue weighted by Crippen LogP contribution is 2.24. The molecule has 0 aliphatic heterocycles. The lowest BCUT2D eigenvalue weighted by Gasteiger charge is -2.07. The molecule has 29 heavy (non-hydrogen) atoms. The third-order valence-electron chi connectivity index (χ3n) is 4.39. The second-order valence-electron chi connectivity index (χ2n) is 6.21. The van der Waals surface area contributed by atoms with Crippen LogP contribution in [0.1, 0.15) is 10.5 Å². The lowest BCUT2D eigenvalue weighted by Crippen LogP contribution is -2.21. The molecular formula is C19H12F3N5O2. The average molecular weight is 399 g/mol. The molecule has 7 nitrogen and oxygen atoms in total. The van der Waals surface area contributed by atoms with Crippen molar-refractivity contribution >= 4 is 17.1 Å². The Kier molecular flexibility index (Phi) is 4.18. The number of aryl methyl sites for hydroxylation is 1. The van der Waals surface area contributed by atoms with Crippen LogP contribution in [0.15, 0.2) is 47.3 Å². The van der Waals surface area contributed by atoms with Gasteiger partial charge in [0.05, 0.1) is 5.69 Å². The summed E-state index contributed by atoms with van der Waals surface area (Å²) in [6.45, 7) is 0. The van der Waals surface area contributed by atoms with Gasteiger partial charge >= 0.3 is 5.69 Å². The summed E-state index contributed by atoms with van der Waals surface area (Å²) in [6, 6.07) is 8.03. The Balaban J connectivity index is 2.10. The van der Waals surface area contributed by atoms with E-state index in [1.807, 2.05) is 0 Å². The molecule has 0 saturated heterocycles. The standard InChI is InChI=1S/C19H12F3N5O2/c1-26-15-14(16(23)28)24-17(9-2-7-12(21)13(22)8-9)25-18(15)27(19(26)29)11-5-3-10(20)4-6-11/h2-8H,1H3,(H2,23,28). The molecule has 4 rings (SSSR count). The van der Waals surface area contributed by atoms with E-state index in [1.54, 1.807) is 0 Å². The van der Waals surface area contributed by atoms with Crippen LogP contribution in [0.3, 0.4) is 0 Å². The quantitative estimate of drug-likeness (QED) is 0.572. The number of hydrogen-bond donors (Lipinski definition) is 1. The zero-order valence-corrected chi connectivity index (χ0v) is 14.9. The summed E-state index contributed by atoms with van der Waals surface area (Å²) in [7, 11) is 1.40. The molecule has 0 fully saturated rings. The van der Waals surface area contributed by atoms with Crippen LogP contribution < -0.4 is 11.4 Å². The Morgan fingerprint density at radius 3 is 2.31 bits per heavy atom. The van der Waals surface area contributed by atoms with E-state index in [-0.39, 0.29) is 33.9 Å². The molecule has 0 bridgehead atoms. The van der Waals surface area contributed by atoms with Crippen molar-refractivity contribution in [1.29, 1.82) is 0 Å². The molecule has 1 amide bonds. The van der Waals surface area contributed by atoms with Gasteiger partial charge in [-0.2, -0.15) is 0 Å². The fourth-order valence-corrected chi connectivity index (χ4v) is 3.00. The molecular weight excluding hydrogens is 387 g/mol. The maximum atomic E-state index is 13.7. The second kappa shape index (κ2) is 6.59. The van der Waals surface area contributed by atoms with E-state index < -0.39 is 29.0 Å². The van der Waals surface area contributed by atoms with Crippen molar-refractivity contribution < 1.29 is 18.0 Å². The number of primary amides is 1. The molecule has 0 atom stereocenters. The van der Waals surface area contributed by atoms with Gasteiger partial charge in [-0.15, -0.1) is 0 Å². The number of carbonyl (C=O) groups excluding carboxylic acids is 1. The number of nitrogens with zero attached hydrogens (tertiary/aromatic N) is 4. The molecule has 4 aromatic rings. The number of fused-ring (bicyclic) bond motifs is 1. The number of amides is 1. The highest BCUT2D eigenvalue weighted by molar-refractivity contribution is 6.02. The Bertz CT molecular complexity index is 1340. The van der Waals surface area contributed by atoms with Crippen LogP contribution in [-0.2, 0) is 7.05 Å². The predicted molar refractivity (Wildman–Crippen MR) is 97.9 cm³/mol. The fourth-order valence-electron chi connectivity index (χ4n) is 3.00. The zero-order chi connectivity index (χ0) is 20.9. The van der Waals surface area contributed by atoms with Gasteiger partial charge in [0, 0.05) is 12.6 Å². The fraction of sp³-hybridized carbons (Fsp3) is 0.0526. The van der Waals surface area contributed by atoms with E-state index in [1.165, 1.54) is 25.2 Å². The van der Waals surface area contributed by atoms with Crippen LogP contribution in [0.5, 0.6) is 0 Å². The van der Waals surface area contributed by atoms with E-state index >= 15 is 0 Å². The number of hydrogen-bond acceptors (Lipinski definition) is 4. The van der Waals surface area contributed by atoms with E-state index in [9.17, 15) is 22.8 Å². The van der Waals surface area contributed by atoms with Crippen molar-refractivity contribution in [2.24, 2.45) is 12.8 Å². The number of halogens is 3. The van der Waals surface area contributed by atoms with Crippen LogP contribution in [0, 0.1) is 17.5 Å². The number of nitrogens with two attached hydrogens (primary N) is 1. The maximum Gasteiger partial charge on any atom is 0.334 e. The van der Waals surface area contributed by atoms with Crippen LogP contribution >= 0.6 is 0 Å². The zero-order valence-electron chi connectivity index (χ0n) is 14.9. The van der Waals surface area contributed by atoms with Gasteiger partial charge in [0.1, 0.15) is 11.3 Å². The summed E-state index contributed by atoms with van der Waals surface area (Å²) >= 11 is 0. The van der Waals surface area contributed by atoms with Gasteiger partial charge in [-0.25, -0.2) is 32.5 Å². The van der Waals surface area contributed by atoms with Gasteiger partial charge in [0.25, 0.3) is 5.91 Å². The molecule has 0 aliphatic rings. The van der Waals surface area contributed by atoms with Crippen molar-refractivity contribution in [3.63, 3.8) is 0 Å². The minimum atomic E-state index is -1.13. The minimum Gasteiger partial charge on any atom is -0.364 e. The first-order valence-electron chi connectivity index (χ1n) is 8.28. The van der Waals surface area contributed by atoms with Gasteiger partial charge < -0.3 is 5.73 Å². The summed E-state index contributed by atoms with van der Waals surface area (Å²) in [6.07, 6.45) is 0. The number of benzene rings is 2. The normalized spacial score (nSPS) is 11.2. The third-order valence-corrected chi connectivity index (χ3v) is 4.39. The van der Waals surface area contributed by atoms with Crippen molar-refractivity contribution in [3.05, 3.63) is 76.1 Å². The molecule has 0 aliphatic carbocycles. The molecule has 0 radical (unpaired) electrons.